The first kappa shape index (κ1) is 16.6. The number of anilines is 1. The van der Waals surface area contributed by atoms with Crippen molar-refractivity contribution in [3.05, 3.63) is 66.0 Å². The Bertz CT molecular complexity index is 963. The summed E-state index contributed by atoms with van der Waals surface area (Å²) in [5.41, 5.74) is 3.09. The molecule has 0 aliphatic heterocycles. The number of carboxylic acid groups (broad SMARTS) is 1. The fourth-order valence-electron chi connectivity index (χ4n) is 2.79. The van der Waals surface area contributed by atoms with E-state index < -0.39 is 5.97 Å². The SMILES string of the molecule is CN(C)c1nc2ccccc2c(-c2ccc(F)cc2)c1C=CC(=O)O. The van der Waals surface area contributed by atoms with E-state index in [0.29, 0.717) is 11.4 Å². The van der Waals surface area contributed by atoms with Crippen LogP contribution in [0.2, 0.25) is 0 Å². The average Bonchev–Trinajstić information content (AvgIpc) is 2.59. The lowest BCUT2D eigenvalue weighted by atomic mass is 9.95. The van der Waals surface area contributed by atoms with Gasteiger partial charge in [-0.15, -0.1) is 0 Å². The van der Waals surface area contributed by atoms with Crippen LogP contribution in [0.5, 0.6) is 0 Å². The van der Waals surface area contributed by atoms with Gasteiger partial charge in [0.05, 0.1) is 5.52 Å². The molecule has 126 valence electrons. The number of fused-ring (bicyclic) bond motifs is 1. The number of nitrogens with zero attached hydrogens (tertiary/aromatic N) is 2. The Kier molecular flexibility index (Phi) is 4.48. The van der Waals surface area contributed by atoms with E-state index in [1.54, 1.807) is 12.1 Å². The monoisotopic (exact) mass is 336 g/mol. The summed E-state index contributed by atoms with van der Waals surface area (Å²) in [6, 6.07) is 13.8. The van der Waals surface area contributed by atoms with Gasteiger partial charge in [0.25, 0.3) is 0 Å². The fourth-order valence-corrected chi connectivity index (χ4v) is 2.79. The molecular weight excluding hydrogens is 319 g/mol. The van der Waals surface area contributed by atoms with E-state index in [4.69, 9.17) is 5.11 Å². The lowest BCUT2D eigenvalue weighted by Gasteiger charge is -2.20. The molecule has 1 N–H and O–H groups in total. The molecule has 0 atom stereocenters. The molecule has 1 aromatic heterocycles. The second-order valence-electron chi connectivity index (χ2n) is 5.81. The third-order valence-corrected chi connectivity index (χ3v) is 3.86. The van der Waals surface area contributed by atoms with Crippen LogP contribution in [0.15, 0.2) is 54.6 Å². The quantitative estimate of drug-likeness (QED) is 0.725. The highest BCUT2D eigenvalue weighted by atomic mass is 19.1. The number of halogens is 1. The third-order valence-electron chi connectivity index (χ3n) is 3.86. The number of aromatic nitrogens is 1. The molecule has 0 saturated heterocycles. The molecule has 3 aromatic rings. The van der Waals surface area contributed by atoms with Crippen molar-refractivity contribution >= 4 is 28.8 Å². The fraction of sp³-hybridized carbons (Fsp3) is 0.100. The maximum Gasteiger partial charge on any atom is 0.328 e. The van der Waals surface area contributed by atoms with Crippen LogP contribution in [0.25, 0.3) is 28.1 Å². The van der Waals surface area contributed by atoms with Gasteiger partial charge in [-0.2, -0.15) is 0 Å². The Morgan fingerprint density at radius 1 is 1.12 bits per heavy atom. The van der Waals surface area contributed by atoms with E-state index in [1.807, 2.05) is 43.3 Å². The minimum atomic E-state index is -1.04. The number of pyridine rings is 1. The minimum Gasteiger partial charge on any atom is -0.478 e. The van der Waals surface area contributed by atoms with Crippen molar-refractivity contribution < 1.29 is 14.3 Å². The summed E-state index contributed by atoms with van der Waals surface area (Å²) in [5, 5.41) is 9.92. The van der Waals surface area contributed by atoms with Crippen LogP contribution in [0.3, 0.4) is 0 Å². The second kappa shape index (κ2) is 6.73. The predicted molar refractivity (Wildman–Crippen MR) is 98.1 cm³/mol. The van der Waals surface area contributed by atoms with Gasteiger partial charge in [0.15, 0.2) is 0 Å². The molecule has 0 spiro atoms. The Morgan fingerprint density at radius 3 is 2.44 bits per heavy atom. The number of hydrogen-bond donors (Lipinski definition) is 1. The lowest BCUT2D eigenvalue weighted by molar-refractivity contribution is -0.131. The zero-order chi connectivity index (χ0) is 18.0. The zero-order valence-electron chi connectivity index (χ0n) is 13.9. The van der Waals surface area contributed by atoms with Gasteiger partial charge in [0.2, 0.25) is 0 Å². The number of hydrogen-bond acceptors (Lipinski definition) is 3. The van der Waals surface area contributed by atoms with Gasteiger partial charge in [-0.3, -0.25) is 0 Å². The number of para-hydroxylation sites is 1. The van der Waals surface area contributed by atoms with Gasteiger partial charge in [-0.1, -0.05) is 30.3 Å². The van der Waals surface area contributed by atoms with E-state index >= 15 is 0 Å². The van der Waals surface area contributed by atoms with Crippen LogP contribution in [0.4, 0.5) is 10.2 Å². The maximum atomic E-state index is 13.4. The number of carboxylic acids is 1. The zero-order valence-corrected chi connectivity index (χ0v) is 13.9. The summed E-state index contributed by atoms with van der Waals surface area (Å²) >= 11 is 0. The number of carbonyl (C=O) groups is 1. The normalized spacial score (nSPS) is 11.2. The summed E-state index contributed by atoms with van der Waals surface area (Å²) in [5.74, 6) is -0.712. The van der Waals surface area contributed by atoms with Crippen LogP contribution in [-0.4, -0.2) is 30.2 Å². The van der Waals surface area contributed by atoms with Crippen molar-refractivity contribution in [2.24, 2.45) is 0 Å². The molecule has 0 unspecified atom stereocenters. The highest BCUT2D eigenvalue weighted by Gasteiger charge is 2.16. The minimum absolute atomic E-state index is 0.322. The first-order valence-corrected chi connectivity index (χ1v) is 7.74. The number of aliphatic carboxylic acids is 1. The van der Waals surface area contributed by atoms with Gasteiger partial charge < -0.3 is 10.0 Å². The summed E-state index contributed by atoms with van der Waals surface area (Å²) < 4.78 is 13.4. The Morgan fingerprint density at radius 2 is 1.80 bits per heavy atom. The lowest BCUT2D eigenvalue weighted by Crippen LogP contribution is -2.13. The van der Waals surface area contributed by atoms with E-state index in [2.05, 4.69) is 4.98 Å². The summed E-state index contributed by atoms with van der Waals surface area (Å²) in [4.78, 5) is 17.5. The molecular formula is C20H17FN2O2. The van der Waals surface area contributed by atoms with Gasteiger partial charge in [-0.25, -0.2) is 14.2 Å². The van der Waals surface area contributed by atoms with Crippen LogP contribution < -0.4 is 4.90 Å². The summed E-state index contributed by atoms with van der Waals surface area (Å²) in [7, 11) is 3.70. The molecule has 0 saturated carbocycles. The van der Waals surface area contributed by atoms with E-state index in [-0.39, 0.29) is 5.82 Å². The van der Waals surface area contributed by atoms with E-state index in [1.165, 1.54) is 18.2 Å². The molecule has 0 aliphatic rings. The molecule has 5 heteroatoms. The first-order chi connectivity index (χ1) is 12.0. The molecule has 0 aliphatic carbocycles. The molecule has 0 fully saturated rings. The predicted octanol–water partition coefficient (Wildman–Crippen LogP) is 4.20. The Labute approximate surface area is 144 Å². The first-order valence-electron chi connectivity index (χ1n) is 7.74. The van der Waals surface area contributed by atoms with Crippen molar-refractivity contribution in [2.45, 2.75) is 0 Å². The van der Waals surface area contributed by atoms with Crippen molar-refractivity contribution in [2.75, 3.05) is 19.0 Å². The summed E-state index contributed by atoms with van der Waals surface area (Å²) in [6.45, 7) is 0. The van der Waals surface area contributed by atoms with Crippen molar-refractivity contribution in [1.29, 1.82) is 0 Å². The highest BCUT2D eigenvalue weighted by Crippen LogP contribution is 2.37. The van der Waals surface area contributed by atoms with Crippen molar-refractivity contribution in [3.63, 3.8) is 0 Å². The summed E-state index contributed by atoms with van der Waals surface area (Å²) in [6.07, 6.45) is 2.63. The van der Waals surface area contributed by atoms with Gasteiger partial charge in [-0.05, 0) is 29.8 Å². The van der Waals surface area contributed by atoms with Crippen LogP contribution in [0, 0.1) is 5.82 Å². The number of benzene rings is 2. The molecule has 1 heterocycles. The van der Waals surface area contributed by atoms with Gasteiger partial charge in [0.1, 0.15) is 11.6 Å². The van der Waals surface area contributed by atoms with Crippen LogP contribution in [-0.2, 0) is 4.79 Å². The second-order valence-corrected chi connectivity index (χ2v) is 5.81. The smallest absolute Gasteiger partial charge is 0.328 e. The van der Waals surface area contributed by atoms with Crippen molar-refractivity contribution in [1.82, 2.24) is 4.98 Å². The standard InChI is InChI=1S/C20H17FN2O2/c1-23(2)20-16(11-12-18(24)25)19(13-7-9-14(21)10-8-13)15-5-3-4-6-17(15)22-20/h3-12H,1-2H3,(H,24,25). The molecule has 0 amide bonds. The van der Waals surface area contributed by atoms with Gasteiger partial charge in [0, 0.05) is 36.7 Å². The average molecular weight is 336 g/mol. The van der Waals surface area contributed by atoms with Gasteiger partial charge >= 0.3 is 5.97 Å². The Balaban J connectivity index is 2.42. The highest BCUT2D eigenvalue weighted by molar-refractivity contribution is 6.03. The third kappa shape index (κ3) is 3.35. The van der Waals surface area contributed by atoms with Crippen LogP contribution in [0.1, 0.15) is 5.56 Å². The molecule has 2 aromatic carbocycles. The largest absolute Gasteiger partial charge is 0.478 e. The van der Waals surface area contributed by atoms with E-state index in [9.17, 15) is 9.18 Å². The van der Waals surface area contributed by atoms with Crippen molar-refractivity contribution in [3.8, 4) is 11.1 Å². The molecule has 3 rings (SSSR count). The molecule has 0 bridgehead atoms. The molecule has 25 heavy (non-hydrogen) atoms. The number of rotatable bonds is 4. The van der Waals surface area contributed by atoms with Crippen LogP contribution >= 0.6 is 0 Å². The van der Waals surface area contributed by atoms with E-state index in [0.717, 1.165) is 28.1 Å². The topological polar surface area (TPSA) is 53.4 Å². The maximum absolute atomic E-state index is 13.4. The molecule has 0 radical (unpaired) electrons. The Hall–Kier alpha value is -3.21. The molecule has 4 nitrogen and oxygen atoms in total.